The van der Waals surface area contributed by atoms with Gasteiger partial charge in [-0.05, 0) is 51.6 Å². The number of rotatable bonds is 4. The first-order valence-corrected chi connectivity index (χ1v) is 8.19. The van der Waals surface area contributed by atoms with Crippen LogP contribution >= 0.6 is 0 Å². The highest BCUT2D eigenvalue weighted by molar-refractivity contribution is 4.92. The monoisotopic (exact) mass is 268 g/mol. The number of hydrogen-bond donors (Lipinski definition) is 1. The first-order valence-electron chi connectivity index (χ1n) is 8.19. The van der Waals surface area contributed by atoms with Crippen LogP contribution in [0.2, 0.25) is 0 Å². The molecule has 2 rings (SSSR count). The Morgan fingerprint density at radius 3 is 2.58 bits per heavy atom. The van der Waals surface area contributed by atoms with Crippen LogP contribution in [0.4, 0.5) is 0 Å². The van der Waals surface area contributed by atoms with Gasteiger partial charge in [-0.25, -0.2) is 0 Å². The predicted molar refractivity (Wildman–Crippen MR) is 80.5 cm³/mol. The second kappa shape index (κ2) is 6.55. The first kappa shape index (κ1) is 15.3. The fourth-order valence-corrected chi connectivity index (χ4v) is 3.99. The van der Waals surface area contributed by atoms with Crippen molar-refractivity contribution < 1.29 is 4.74 Å². The molecule has 0 aromatic heterocycles. The summed E-state index contributed by atoms with van der Waals surface area (Å²) < 4.78 is 6.12. The minimum atomic E-state index is 0.159. The van der Waals surface area contributed by atoms with Gasteiger partial charge in [0.05, 0.1) is 5.60 Å². The topological polar surface area (TPSA) is 24.5 Å². The molecule has 3 unspecified atom stereocenters. The number of ether oxygens (including phenoxy) is 1. The lowest BCUT2D eigenvalue weighted by Gasteiger charge is -2.47. The van der Waals surface area contributed by atoms with Crippen molar-refractivity contribution in [3.05, 3.63) is 0 Å². The van der Waals surface area contributed by atoms with Gasteiger partial charge in [-0.2, -0.15) is 0 Å². The van der Waals surface area contributed by atoms with Crippen molar-refractivity contribution in [3.8, 4) is 0 Å². The van der Waals surface area contributed by atoms with Crippen LogP contribution in [-0.2, 0) is 4.74 Å². The summed E-state index contributed by atoms with van der Waals surface area (Å²) in [6.07, 6.45) is 6.06. The van der Waals surface area contributed by atoms with Crippen molar-refractivity contribution >= 4 is 0 Å². The van der Waals surface area contributed by atoms with E-state index in [1.807, 2.05) is 0 Å². The van der Waals surface area contributed by atoms with Crippen LogP contribution in [0, 0.1) is 5.92 Å². The van der Waals surface area contributed by atoms with Gasteiger partial charge in [-0.15, -0.1) is 0 Å². The van der Waals surface area contributed by atoms with Gasteiger partial charge in [0, 0.05) is 25.2 Å². The fourth-order valence-electron chi connectivity index (χ4n) is 3.99. The van der Waals surface area contributed by atoms with Gasteiger partial charge < -0.3 is 10.1 Å². The maximum absolute atomic E-state index is 6.12. The molecule has 0 radical (unpaired) electrons. The van der Waals surface area contributed by atoms with E-state index in [9.17, 15) is 0 Å². The number of hydrogen-bond acceptors (Lipinski definition) is 3. The van der Waals surface area contributed by atoms with E-state index in [1.165, 1.54) is 32.4 Å². The van der Waals surface area contributed by atoms with Gasteiger partial charge in [0.15, 0.2) is 0 Å². The van der Waals surface area contributed by atoms with Crippen LogP contribution < -0.4 is 5.32 Å². The molecule has 0 aromatic carbocycles. The Labute approximate surface area is 119 Å². The molecule has 2 saturated heterocycles. The minimum Gasteiger partial charge on any atom is -0.375 e. The SMILES string of the molecule is CCC1(CC)CC(N2CCC(NC)C(C)C2)CCO1. The molecule has 3 nitrogen and oxygen atoms in total. The van der Waals surface area contributed by atoms with E-state index in [0.29, 0.717) is 6.04 Å². The summed E-state index contributed by atoms with van der Waals surface area (Å²) in [7, 11) is 2.10. The van der Waals surface area contributed by atoms with E-state index in [1.54, 1.807) is 0 Å². The summed E-state index contributed by atoms with van der Waals surface area (Å²) in [4.78, 5) is 2.74. The van der Waals surface area contributed by atoms with Crippen molar-refractivity contribution in [3.63, 3.8) is 0 Å². The Morgan fingerprint density at radius 2 is 2.00 bits per heavy atom. The fraction of sp³-hybridized carbons (Fsp3) is 1.00. The minimum absolute atomic E-state index is 0.159. The van der Waals surface area contributed by atoms with Gasteiger partial charge >= 0.3 is 0 Å². The summed E-state index contributed by atoms with van der Waals surface area (Å²) in [5, 5.41) is 3.46. The molecule has 0 aromatic rings. The van der Waals surface area contributed by atoms with E-state index in [-0.39, 0.29) is 5.60 Å². The zero-order valence-electron chi connectivity index (χ0n) is 13.2. The zero-order valence-corrected chi connectivity index (χ0v) is 13.2. The van der Waals surface area contributed by atoms with Crippen LogP contribution in [0.25, 0.3) is 0 Å². The molecule has 2 heterocycles. The second-order valence-corrected chi connectivity index (χ2v) is 6.54. The molecule has 2 fully saturated rings. The first-order chi connectivity index (χ1) is 9.14. The molecule has 0 saturated carbocycles. The Balaban J connectivity index is 1.95. The lowest BCUT2D eigenvalue weighted by Crippen LogP contribution is -2.54. The van der Waals surface area contributed by atoms with Gasteiger partial charge in [-0.3, -0.25) is 4.90 Å². The molecule has 1 N–H and O–H groups in total. The van der Waals surface area contributed by atoms with Crippen LogP contribution in [0.5, 0.6) is 0 Å². The molecule has 2 aliphatic rings. The second-order valence-electron chi connectivity index (χ2n) is 6.54. The molecule has 0 spiro atoms. The lowest BCUT2D eigenvalue weighted by molar-refractivity contribution is -0.114. The molecular weight excluding hydrogens is 236 g/mol. The van der Waals surface area contributed by atoms with Crippen molar-refractivity contribution in [2.75, 3.05) is 26.7 Å². The van der Waals surface area contributed by atoms with Gasteiger partial charge in [0.1, 0.15) is 0 Å². The molecule has 0 aliphatic carbocycles. The van der Waals surface area contributed by atoms with E-state index in [2.05, 4.69) is 38.0 Å². The number of nitrogens with zero attached hydrogens (tertiary/aromatic N) is 1. The highest BCUT2D eigenvalue weighted by atomic mass is 16.5. The van der Waals surface area contributed by atoms with Crippen molar-refractivity contribution in [1.29, 1.82) is 0 Å². The van der Waals surface area contributed by atoms with E-state index in [0.717, 1.165) is 31.4 Å². The molecular formula is C16H32N2O. The highest BCUT2D eigenvalue weighted by Crippen LogP contribution is 2.35. The van der Waals surface area contributed by atoms with E-state index < -0.39 is 0 Å². The third-order valence-electron chi connectivity index (χ3n) is 5.58. The normalized spacial score (nSPS) is 36.3. The van der Waals surface area contributed by atoms with Gasteiger partial charge in [0.25, 0.3) is 0 Å². The standard InChI is InChI=1S/C16H32N2O/c1-5-16(6-2)11-14(8-10-19-16)18-9-7-15(17-4)13(3)12-18/h13-15,17H,5-12H2,1-4H3. The average molecular weight is 268 g/mol. The molecule has 0 bridgehead atoms. The van der Waals surface area contributed by atoms with Gasteiger partial charge in [0.2, 0.25) is 0 Å². The predicted octanol–water partition coefficient (Wildman–Crippen LogP) is 2.65. The Morgan fingerprint density at radius 1 is 1.26 bits per heavy atom. The van der Waals surface area contributed by atoms with Crippen LogP contribution in [0.1, 0.15) is 52.9 Å². The molecule has 3 atom stereocenters. The molecule has 19 heavy (non-hydrogen) atoms. The van der Waals surface area contributed by atoms with Crippen molar-refractivity contribution in [1.82, 2.24) is 10.2 Å². The number of piperidine rings is 1. The van der Waals surface area contributed by atoms with Crippen LogP contribution in [0.3, 0.4) is 0 Å². The third kappa shape index (κ3) is 3.32. The maximum Gasteiger partial charge on any atom is 0.0692 e. The van der Waals surface area contributed by atoms with Gasteiger partial charge in [-0.1, -0.05) is 20.8 Å². The number of likely N-dealkylation sites (tertiary alicyclic amines) is 1. The summed E-state index contributed by atoms with van der Waals surface area (Å²) >= 11 is 0. The summed E-state index contributed by atoms with van der Waals surface area (Å²) in [6.45, 7) is 10.4. The van der Waals surface area contributed by atoms with Crippen molar-refractivity contribution in [2.24, 2.45) is 5.92 Å². The summed E-state index contributed by atoms with van der Waals surface area (Å²) in [6, 6.07) is 1.45. The maximum atomic E-state index is 6.12. The average Bonchev–Trinajstić information content (AvgIpc) is 2.47. The Hall–Kier alpha value is -0.120. The van der Waals surface area contributed by atoms with Crippen LogP contribution in [-0.4, -0.2) is 49.3 Å². The lowest BCUT2D eigenvalue weighted by atomic mass is 9.83. The molecule has 112 valence electrons. The summed E-state index contributed by atoms with van der Waals surface area (Å²) in [5.74, 6) is 0.763. The van der Waals surface area contributed by atoms with Crippen LogP contribution in [0.15, 0.2) is 0 Å². The largest absolute Gasteiger partial charge is 0.375 e. The smallest absolute Gasteiger partial charge is 0.0692 e. The quantitative estimate of drug-likeness (QED) is 0.848. The van der Waals surface area contributed by atoms with E-state index >= 15 is 0 Å². The molecule has 2 aliphatic heterocycles. The van der Waals surface area contributed by atoms with E-state index in [4.69, 9.17) is 4.74 Å². The zero-order chi connectivity index (χ0) is 13.9. The third-order valence-corrected chi connectivity index (χ3v) is 5.58. The molecule has 0 amide bonds. The summed E-state index contributed by atoms with van der Waals surface area (Å²) in [5.41, 5.74) is 0.159. The number of nitrogens with one attached hydrogen (secondary N) is 1. The Kier molecular flexibility index (Phi) is 5.27. The molecule has 3 heteroatoms. The Bertz CT molecular complexity index is 278. The highest BCUT2D eigenvalue weighted by Gasteiger charge is 2.38. The van der Waals surface area contributed by atoms with Crippen molar-refractivity contribution in [2.45, 2.75) is 70.6 Å².